The second kappa shape index (κ2) is 9.32. The summed E-state index contributed by atoms with van der Waals surface area (Å²) in [5, 5.41) is 25.7. The molecule has 0 saturated heterocycles. The molecule has 2 aromatic heterocycles. The monoisotopic (exact) mass is 452 g/mol. The Kier molecular flexibility index (Phi) is 6.74. The maximum atomic E-state index is 11.4. The van der Waals surface area contributed by atoms with Crippen LogP contribution in [0.25, 0.3) is 11.5 Å². The topological polar surface area (TPSA) is 92.4 Å². The van der Waals surface area contributed by atoms with Crippen LogP contribution >= 0.6 is 12.2 Å². The predicted octanol–water partition coefficient (Wildman–Crippen LogP) is 5.08. The van der Waals surface area contributed by atoms with Gasteiger partial charge in [0, 0.05) is 29.3 Å². The van der Waals surface area contributed by atoms with Gasteiger partial charge in [-0.15, -0.1) is 0 Å². The van der Waals surface area contributed by atoms with E-state index < -0.39 is 4.92 Å². The molecule has 0 fully saturated rings. The van der Waals surface area contributed by atoms with Gasteiger partial charge in [0.15, 0.2) is 23.1 Å². The minimum atomic E-state index is -0.468. The second-order valence-electron chi connectivity index (χ2n) is 8.46. The number of aryl methyl sites for hydroxylation is 1. The Morgan fingerprint density at radius 3 is 2.47 bits per heavy atom. The summed E-state index contributed by atoms with van der Waals surface area (Å²) in [5.41, 5.74) is 2.12. The Morgan fingerprint density at radius 1 is 1.22 bits per heavy atom. The fraction of sp³-hybridized carbons (Fsp3) is 0.250. The number of aromatic nitrogens is 1. The largest absolute Gasteiger partial charge is 0.502 e. The highest BCUT2D eigenvalue weighted by Crippen LogP contribution is 2.26. The molecule has 0 saturated carbocycles. The van der Waals surface area contributed by atoms with Crippen LogP contribution in [0.3, 0.4) is 0 Å². The summed E-state index contributed by atoms with van der Waals surface area (Å²) >= 11 is 5.60. The molecule has 2 heterocycles. The maximum Gasteiger partial charge on any atom is 0.288 e. The molecule has 0 aliphatic carbocycles. The average Bonchev–Trinajstić information content (AvgIpc) is 3.26. The van der Waals surface area contributed by atoms with E-state index in [4.69, 9.17) is 16.6 Å². The van der Waals surface area contributed by atoms with Gasteiger partial charge in [0.25, 0.3) is 11.4 Å². The standard InChI is InChI=1S/C24H25N3O4S/c1-16-7-8-17(14-20(16)27(29)30)22(28)21(23(32)25-15-19-6-5-13-31-19)26-11-9-18(10-12-26)24(2,3)4/h5-14H,15H2,1-4H3,(H-,25,28,32)/p+1. The lowest BCUT2D eigenvalue weighted by Crippen LogP contribution is -2.41. The zero-order chi connectivity index (χ0) is 23.5. The Hall–Kier alpha value is -3.52. The van der Waals surface area contributed by atoms with Crippen molar-refractivity contribution in [3.63, 3.8) is 0 Å². The fourth-order valence-electron chi connectivity index (χ4n) is 3.18. The quantitative estimate of drug-likeness (QED) is 0.135. The van der Waals surface area contributed by atoms with Crippen molar-refractivity contribution in [3.8, 4) is 0 Å². The van der Waals surface area contributed by atoms with Crippen LogP contribution in [-0.2, 0) is 12.0 Å². The summed E-state index contributed by atoms with van der Waals surface area (Å²) in [5.74, 6) is 0.517. The van der Waals surface area contributed by atoms with E-state index in [1.807, 2.05) is 30.6 Å². The van der Waals surface area contributed by atoms with Crippen molar-refractivity contribution in [2.45, 2.75) is 39.7 Å². The molecule has 0 aliphatic heterocycles. The molecule has 0 spiro atoms. The van der Waals surface area contributed by atoms with Crippen LogP contribution in [0.5, 0.6) is 0 Å². The van der Waals surface area contributed by atoms with Gasteiger partial charge in [-0.2, -0.15) is 4.57 Å². The molecular formula is C24H26N3O4S+. The molecule has 0 aliphatic rings. The number of hydrogen-bond donors (Lipinski definition) is 2. The van der Waals surface area contributed by atoms with Crippen LogP contribution in [0, 0.1) is 17.0 Å². The number of aliphatic hydroxyl groups is 1. The van der Waals surface area contributed by atoms with Gasteiger partial charge in [-0.05, 0) is 30.0 Å². The third kappa shape index (κ3) is 5.20. The van der Waals surface area contributed by atoms with Crippen molar-refractivity contribution in [3.05, 3.63) is 93.7 Å². The highest BCUT2D eigenvalue weighted by molar-refractivity contribution is 7.81. The van der Waals surface area contributed by atoms with Gasteiger partial charge in [0.05, 0.1) is 17.7 Å². The fourth-order valence-corrected chi connectivity index (χ4v) is 3.45. The van der Waals surface area contributed by atoms with Crippen LogP contribution in [0.4, 0.5) is 5.69 Å². The number of benzene rings is 1. The van der Waals surface area contributed by atoms with E-state index in [2.05, 4.69) is 26.1 Å². The third-order valence-corrected chi connectivity index (χ3v) is 5.41. The molecule has 7 nitrogen and oxygen atoms in total. The molecular weight excluding hydrogens is 426 g/mol. The first-order valence-electron chi connectivity index (χ1n) is 10.1. The second-order valence-corrected chi connectivity index (χ2v) is 8.87. The lowest BCUT2D eigenvalue weighted by molar-refractivity contribution is -0.576. The number of nitrogens with one attached hydrogen (secondary N) is 1. The minimum Gasteiger partial charge on any atom is -0.502 e. The van der Waals surface area contributed by atoms with Crippen LogP contribution in [0.2, 0.25) is 0 Å². The summed E-state index contributed by atoms with van der Waals surface area (Å²) in [6, 6.07) is 12.1. The van der Waals surface area contributed by atoms with Crippen LogP contribution < -0.4 is 9.88 Å². The minimum absolute atomic E-state index is 0.0410. The molecule has 0 atom stereocenters. The number of nitro benzene ring substituents is 1. The van der Waals surface area contributed by atoms with E-state index in [0.29, 0.717) is 29.1 Å². The number of aliphatic hydroxyl groups excluding tert-OH is 1. The molecule has 0 unspecified atom stereocenters. The molecule has 2 N–H and O–H groups in total. The molecule has 3 rings (SSSR count). The van der Waals surface area contributed by atoms with Crippen LogP contribution in [-0.4, -0.2) is 15.0 Å². The number of nitrogens with zero attached hydrogens (tertiary/aromatic N) is 2. The van der Waals surface area contributed by atoms with Crippen LogP contribution in [0.1, 0.15) is 43.2 Å². The molecule has 0 bridgehead atoms. The van der Waals surface area contributed by atoms with Crippen LogP contribution in [0.15, 0.2) is 65.5 Å². The Morgan fingerprint density at radius 2 is 1.91 bits per heavy atom. The number of nitro groups is 1. The van der Waals surface area contributed by atoms with Crippen molar-refractivity contribution in [1.29, 1.82) is 0 Å². The maximum absolute atomic E-state index is 11.4. The van der Waals surface area contributed by atoms with E-state index >= 15 is 0 Å². The summed E-state index contributed by atoms with van der Waals surface area (Å²) in [6.45, 7) is 8.32. The van der Waals surface area contributed by atoms with Gasteiger partial charge in [-0.3, -0.25) is 10.1 Å². The van der Waals surface area contributed by atoms with Crippen molar-refractivity contribution in [2.24, 2.45) is 0 Å². The molecule has 3 aromatic rings. The zero-order valence-corrected chi connectivity index (χ0v) is 19.3. The lowest BCUT2D eigenvalue weighted by atomic mass is 9.88. The first-order chi connectivity index (χ1) is 15.1. The number of thiocarbonyl (C=S) groups is 1. The van der Waals surface area contributed by atoms with Crippen molar-refractivity contribution in [1.82, 2.24) is 5.32 Å². The molecule has 0 radical (unpaired) electrons. The van der Waals surface area contributed by atoms with Gasteiger partial charge in [0.1, 0.15) is 5.76 Å². The van der Waals surface area contributed by atoms with Gasteiger partial charge in [-0.25, -0.2) is 0 Å². The summed E-state index contributed by atoms with van der Waals surface area (Å²) in [4.78, 5) is 11.2. The Labute approximate surface area is 192 Å². The number of furan rings is 1. The van der Waals surface area contributed by atoms with E-state index in [-0.39, 0.29) is 21.9 Å². The van der Waals surface area contributed by atoms with Crippen molar-refractivity contribution < 1.29 is 19.0 Å². The van der Waals surface area contributed by atoms with E-state index in [0.717, 1.165) is 5.56 Å². The summed E-state index contributed by atoms with van der Waals surface area (Å²) in [6.07, 6.45) is 5.20. The number of rotatable bonds is 6. The lowest BCUT2D eigenvalue weighted by Gasteiger charge is -2.18. The zero-order valence-electron chi connectivity index (χ0n) is 18.5. The van der Waals surface area contributed by atoms with Gasteiger partial charge < -0.3 is 14.8 Å². The van der Waals surface area contributed by atoms with E-state index in [1.54, 1.807) is 36.0 Å². The number of hydrogen-bond acceptors (Lipinski definition) is 5. The van der Waals surface area contributed by atoms with Gasteiger partial charge in [-0.1, -0.05) is 45.1 Å². The number of pyridine rings is 1. The molecule has 166 valence electrons. The van der Waals surface area contributed by atoms with Crippen molar-refractivity contribution in [2.75, 3.05) is 0 Å². The summed E-state index contributed by atoms with van der Waals surface area (Å²) < 4.78 is 7.04. The first kappa shape index (κ1) is 23.1. The Bertz CT molecular complexity index is 1160. The Balaban J connectivity index is 2.07. The van der Waals surface area contributed by atoms with Gasteiger partial charge in [0.2, 0.25) is 0 Å². The first-order valence-corrected chi connectivity index (χ1v) is 10.5. The summed E-state index contributed by atoms with van der Waals surface area (Å²) in [7, 11) is 0. The molecule has 8 heteroatoms. The molecule has 1 aromatic carbocycles. The third-order valence-electron chi connectivity index (χ3n) is 5.08. The van der Waals surface area contributed by atoms with E-state index in [9.17, 15) is 15.2 Å². The molecule has 0 amide bonds. The highest BCUT2D eigenvalue weighted by atomic mass is 32.1. The van der Waals surface area contributed by atoms with Crippen molar-refractivity contribution >= 4 is 34.3 Å². The van der Waals surface area contributed by atoms with E-state index in [1.165, 1.54) is 6.07 Å². The normalized spacial score (nSPS) is 12.2. The molecule has 32 heavy (non-hydrogen) atoms. The smallest absolute Gasteiger partial charge is 0.288 e. The average molecular weight is 453 g/mol. The highest BCUT2D eigenvalue weighted by Gasteiger charge is 2.26. The SMILES string of the molecule is Cc1ccc(/C(O)=C(/C(=S)NCc2ccco2)[n+]2ccc(C(C)(C)C)cc2)cc1[N+](=O)[O-]. The van der Waals surface area contributed by atoms with Gasteiger partial charge >= 0.3 is 0 Å². The predicted molar refractivity (Wildman–Crippen MR) is 127 cm³/mol.